The maximum Gasteiger partial charge on any atom is 0.0784 e. The molecule has 7 nitrogen and oxygen atoms in total. The van der Waals surface area contributed by atoms with Gasteiger partial charge in [0.25, 0.3) is 0 Å². The second-order valence-corrected chi connectivity index (χ2v) is 23.2. The van der Waals surface area contributed by atoms with E-state index >= 15 is 0 Å². The van der Waals surface area contributed by atoms with Crippen molar-refractivity contribution in [3.05, 3.63) is 0 Å². The molecule has 0 saturated carbocycles. The summed E-state index contributed by atoms with van der Waals surface area (Å²) in [5.41, 5.74) is 0. The molecule has 0 aromatic rings. The van der Waals surface area contributed by atoms with Gasteiger partial charge in [-0.25, -0.2) is 0 Å². The summed E-state index contributed by atoms with van der Waals surface area (Å²) in [4.78, 5) is 25.6. The zero-order chi connectivity index (χ0) is 51.9. The zero-order valence-electron chi connectivity index (χ0n) is 49.4. The Labute approximate surface area is 431 Å². The minimum absolute atomic E-state index is 1.31. The van der Waals surface area contributed by atoms with Gasteiger partial charge in [0, 0.05) is 0 Å². The van der Waals surface area contributed by atoms with Crippen molar-refractivity contribution in [1.29, 1.82) is 0 Å². The van der Waals surface area contributed by atoms with Gasteiger partial charge >= 0.3 is 0 Å². The smallest absolute Gasteiger partial charge is 0.0784 e. The molecule has 0 saturated heterocycles. The lowest BCUT2D eigenvalue weighted by atomic mass is 10.1. The van der Waals surface area contributed by atoms with Crippen molar-refractivity contribution >= 4 is 7.82 Å². The molecule has 68 heavy (non-hydrogen) atoms. The van der Waals surface area contributed by atoms with E-state index in [9.17, 15) is 0 Å². The zero-order valence-corrected chi connectivity index (χ0v) is 50.3. The number of rotatable bonds is 48. The van der Waals surface area contributed by atoms with E-state index in [1.807, 2.05) is 0 Å². The summed E-state index contributed by atoms with van der Waals surface area (Å²) < 4.78 is 12.5. The molecule has 0 aliphatic carbocycles. The lowest BCUT2D eigenvalue weighted by molar-refractivity contribution is -0.908. The van der Waals surface area contributed by atoms with Gasteiger partial charge in [0.15, 0.2) is 0 Å². The molecule has 0 spiro atoms. The molecule has 0 amide bonds. The standard InChI is InChI=1S/3C20H44N.H3O4P/c3*1-5-8-10-12-14-16-18-20-21(4,7-3)19-17-15-13-11-9-6-2;1-5(2,3)4/h3*5-20H2,1-4H3;(H3,1,2,3,4)/q3*+1;/p-3. The number of quaternary nitrogens is 3. The van der Waals surface area contributed by atoms with Gasteiger partial charge < -0.3 is 32.7 Å². The molecule has 0 fully saturated rings. The minimum Gasteiger partial charge on any atom is -0.822 e. The third kappa shape index (κ3) is 64.0. The Kier molecular flexibility index (Phi) is 61.7. The fraction of sp³-hybridized carbons (Fsp3) is 1.00. The first-order chi connectivity index (χ1) is 32.5. The summed E-state index contributed by atoms with van der Waals surface area (Å²) in [6.07, 6.45) is 55.9. The summed E-state index contributed by atoms with van der Waals surface area (Å²) in [7, 11) is 2.04. The van der Waals surface area contributed by atoms with Crippen molar-refractivity contribution in [2.24, 2.45) is 0 Å². The summed E-state index contributed by atoms with van der Waals surface area (Å²) >= 11 is 0. The van der Waals surface area contributed by atoms with Crippen molar-refractivity contribution in [1.82, 2.24) is 0 Å². The van der Waals surface area contributed by atoms with Crippen LogP contribution >= 0.6 is 7.82 Å². The number of phosphoric acid groups is 1. The molecule has 0 rings (SSSR count). The number of hydrogen-bond acceptors (Lipinski definition) is 4. The fourth-order valence-corrected chi connectivity index (χ4v) is 9.46. The molecule has 0 N–H and O–H groups in total. The highest BCUT2D eigenvalue weighted by Crippen LogP contribution is 2.17. The van der Waals surface area contributed by atoms with Gasteiger partial charge in [-0.15, -0.1) is 0 Å². The van der Waals surface area contributed by atoms with Crippen molar-refractivity contribution in [2.45, 2.75) is 313 Å². The van der Waals surface area contributed by atoms with Crippen LogP contribution in [-0.2, 0) is 4.57 Å². The van der Waals surface area contributed by atoms with E-state index < -0.39 is 7.82 Å². The van der Waals surface area contributed by atoms with E-state index in [0.717, 1.165) is 0 Å². The molecule has 0 radical (unpaired) electrons. The topological polar surface area (TPSA) is 86.2 Å². The Morgan fingerprint density at radius 3 is 0.441 bits per heavy atom. The maximum absolute atomic E-state index is 8.55. The van der Waals surface area contributed by atoms with Gasteiger partial charge in [-0.1, -0.05) is 215 Å². The van der Waals surface area contributed by atoms with Gasteiger partial charge in [-0.2, -0.15) is 7.82 Å². The predicted octanol–water partition coefficient (Wildman–Crippen LogP) is 16.9. The van der Waals surface area contributed by atoms with E-state index in [1.165, 1.54) is 323 Å². The highest BCUT2D eigenvalue weighted by molar-refractivity contribution is 7.40. The van der Waals surface area contributed by atoms with Crippen LogP contribution in [0.15, 0.2) is 0 Å². The highest BCUT2D eigenvalue weighted by Gasteiger charge is 2.20. The van der Waals surface area contributed by atoms with Crippen molar-refractivity contribution < 1.29 is 32.7 Å². The van der Waals surface area contributed by atoms with Gasteiger partial charge in [0.1, 0.15) is 0 Å². The Morgan fingerprint density at radius 1 is 0.235 bits per heavy atom. The fourth-order valence-electron chi connectivity index (χ4n) is 9.46. The first-order valence-corrected chi connectivity index (χ1v) is 32.2. The van der Waals surface area contributed by atoms with E-state index in [2.05, 4.69) is 83.5 Å². The second-order valence-electron chi connectivity index (χ2n) is 22.3. The van der Waals surface area contributed by atoms with Crippen LogP contribution in [0, 0.1) is 0 Å². The molecule has 0 aromatic heterocycles. The van der Waals surface area contributed by atoms with Crippen LogP contribution in [0.1, 0.15) is 313 Å². The largest absolute Gasteiger partial charge is 0.822 e. The molecule has 3 unspecified atom stereocenters. The SMILES string of the molecule is CCCCCCCCC[N+](C)(CC)CCCCCCCC.CCCCCCCCC[N+](C)(CC)CCCCCCCC.CCCCCCCCC[N+](C)(CC)CCCCCCCC.O=P([O-])([O-])[O-]. The predicted molar refractivity (Wildman–Crippen MR) is 301 cm³/mol. The molecule has 416 valence electrons. The Hall–Kier alpha value is -0.0100. The molecule has 8 heteroatoms. The number of hydrogen-bond donors (Lipinski definition) is 0. The maximum atomic E-state index is 8.55. The monoisotopic (exact) mass is 990 g/mol. The molecule has 3 atom stereocenters. The van der Waals surface area contributed by atoms with Crippen molar-refractivity contribution in [3.8, 4) is 0 Å². The third-order valence-corrected chi connectivity index (χ3v) is 15.3. The second kappa shape index (κ2) is 56.3. The van der Waals surface area contributed by atoms with Crippen molar-refractivity contribution in [3.63, 3.8) is 0 Å². The Morgan fingerprint density at radius 2 is 0.338 bits per heavy atom. The average molecular weight is 991 g/mol. The molecule has 0 bridgehead atoms. The van der Waals surface area contributed by atoms with Crippen LogP contribution in [0.5, 0.6) is 0 Å². The van der Waals surface area contributed by atoms with Crippen LogP contribution < -0.4 is 14.7 Å². The van der Waals surface area contributed by atoms with Crippen LogP contribution in [-0.4, -0.2) is 93.5 Å². The van der Waals surface area contributed by atoms with E-state index in [1.54, 1.807) is 0 Å². The molecule has 0 heterocycles. The average Bonchev–Trinajstić information content (AvgIpc) is 3.31. The highest BCUT2D eigenvalue weighted by atomic mass is 31.2. The van der Waals surface area contributed by atoms with Crippen LogP contribution in [0.2, 0.25) is 0 Å². The Balaban J connectivity index is -0.000000429. The lowest BCUT2D eigenvalue weighted by Gasteiger charge is -2.36. The molecular weight excluding hydrogens is 858 g/mol. The lowest BCUT2D eigenvalue weighted by Crippen LogP contribution is -2.45. The van der Waals surface area contributed by atoms with Crippen LogP contribution in [0.4, 0.5) is 0 Å². The molecular formula is C60H132N3O4P. The molecule has 0 aliphatic rings. The summed E-state index contributed by atoms with van der Waals surface area (Å²) in [6, 6.07) is 0. The minimum atomic E-state index is -5.39. The number of unbranched alkanes of at least 4 members (excludes halogenated alkanes) is 33. The molecule has 0 aromatic carbocycles. The van der Waals surface area contributed by atoms with E-state index in [0.29, 0.717) is 0 Å². The van der Waals surface area contributed by atoms with Gasteiger partial charge in [-0.3, -0.25) is 0 Å². The van der Waals surface area contributed by atoms with Crippen molar-refractivity contribution in [2.75, 3.05) is 80.0 Å². The Bertz CT molecular complexity index is 872. The van der Waals surface area contributed by atoms with Crippen LogP contribution in [0.3, 0.4) is 0 Å². The number of nitrogens with zero attached hydrogens (tertiary/aromatic N) is 3. The summed E-state index contributed by atoms with van der Waals surface area (Å²) in [5.74, 6) is 0. The van der Waals surface area contributed by atoms with Crippen LogP contribution in [0.25, 0.3) is 0 Å². The third-order valence-electron chi connectivity index (χ3n) is 15.3. The first kappa shape index (κ1) is 74.5. The quantitative estimate of drug-likeness (QED) is 0.0345. The summed E-state index contributed by atoms with van der Waals surface area (Å²) in [5, 5.41) is 0. The normalized spacial score (nSPS) is 14.1. The van der Waals surface area contributed by atoms with Gasteiger partial charge in [-0.05, 0) is 97.8 Å². The van der Waals surface area contributed by atoms with Gasteiger partial charge in [0.2, 0.25) is 0 Å². The molecule has 0 aliphatic heterocycles. The van der Waals surface area contributed by atoms with Gasteiger partial charge in [0.05, 0.1) is 80.0 Å². The van der Waals surface area contributed by atoms with E-state index in [4.69, 9.17) is 19.2 Å². The summed E-state index contributed by atoms with van der Waals surface area (Å²) in [6.45, 7) is 33.3. The van der Waals surface area contributed by atoms with E-state index in [-0.39, 0.29) is 0 Å². The first-order valence-electron chi connectivity index (χ1n) is 30.8.